The molecule has 4 heteroatoms. The van der Waals surface area contributed by atoms with E-state index in [2.05, 4.69) is 0 Å². The minimum absolute atomic E-state index is 0.382. The second-order valence-electron chi connectivity index (χ2n) is 4.36. The molecule has 2 rings (SSSR count). The van der Waals surface area contributed by atoms with E-state index in [4.69, 9.17) is 26.3 Å². The van der Waals surface area contributed by atoms with E-state index in [-0.39, 0.29) is 0 Å². The molecule has 0 bridgehead atoms. The summed E-state index contributed by atoms with van der Waals surface area (Å²) in [6.07, 6.45) is 0. The fourth-order valence-electron chi connectivity index (χ4n) is 1.86. The van der Waals surface area contributed by atoms with Crippen LogP contribution >= 0.6 is 11.6 Å². The van der Waals surface area contributed by atoms with Gasteiger partial charge in [0.05, 0.1) is 17.7 Å². The van der Waals surface area contributed by atoms with E-state index >= 15 is 0 Å². The summed E-state index contributed by atoms with van der Waals surface area (Å²) in [7, 11) is 1.63. The molecule has 0 radical (unpaired) electrons. The first-order valence-electron chi connectivity index (χ1n) is 6.10. The van der Waals surface area contributed by atoms with Gasteiger partial charge in [-0.25, -0.2) is 0 Å². The molecular weight excluding hydrogens is 274 g/mol. The van der Waals surface area contributed by atoms with Gasteiger partial charge in [-0.2, -0.15) is 5.26 Å². The van der Waals surface area contributed by atoms with Crippen molar-refractivity contribution >= 4 is 11.6 Å². The minimum Gasteiger partial charge on any atom is -0.496 e. The van der Waals surface area contributed by atoms with Crippen LogP contribution in [0.2, 0.25) is 5.02 Å². The van der Waals surface area contributed by atoms with E-state index in [0.717, 1.165) is 16.9 Å². The first kappa shape index (κ1) is 14.2. The van der Waals surface area contributed by atoms with Crippen LogP contribution in [0.15, 0.2) is 36.4 Å². The van der Waals surface area contributed by atoms with Gasteiger partial charge in [0, 0.05) is 11.6 Å². The molecule has 0 aliphatic carbocycles. The van der Waals surface area contributed by atoms with Gasteiger partial charge < -0.3 is 9.47 Å². The van der Waals surface area contributed by atoms with Gasteiger partial charge in [0.15, 0.2) is 0 Å². The zero-order valence-electron chi connectivity index (χ0n) is 11.3. The Balaban J connectivity index is 2.15. The molecule has 0 aliphatic heterocycles. The third-order valence-electron chi connectivity index (χ3n) is 2.89. The summed E-state index contributed by atoms with van der Waals surface area (Å²) in [5.41, 5.74) is 2.54. The van der Waals surface area contributed by atoms with Gasteiger partial charge in [-0.15, -0.1) is 0 Å². The number of hydrogen-bond donors (Lipinski definition) is 0. The number of ether oxygens (including phenoxy) is 2. The van der Waals surface area contributed by atoms with Crippen molar-refractivity contribution in [1.82, 2.24) is 0 Å². The highest BCUT2D eigenvalue weighted by Crippen LogP contribution is 2.25. The van der Waals surface area contributed by atoms with E-state index in [9.17, 15) is 0 Å². The van der Waals surface area contributed by atoms with Crippen molar-refractivity contribution < 1.29 is 9.47 Å². The van der Waals surface area contributed by atoms with Crippen LogP contribution < -0.4 is 9.47 Å². The molecule has 0 atom stereocenters. The number of hydrogen-bond acceptors (Lipinski definition) is 3. The predicted octanol–water partition coefficient (Wildman–Crippen LogP) is 4.11. The predicted molar refractivity (Wildman–Crippen MR) is 78.2 cm³/mol. The molecule has 0 aromatic heterocycles. The minimum atomic E-state index is 0.382. The van der Waals surface area contributed by atoms with Gasteiger partial charge in [-0.3, -0.25) is 0 Å². The second kappa shape index (κ2) is 6.31. The monoisotopic (exact) mass is 287 g/mol. The van der Waals surface area contributed by atoms with Crippen molar-refractivity contribution in [3.8, 4) is 17.6 Å². The van der Waals surface area contributed by atoms with Crippen LogP contribution in [0.3, 0.4) is 0 Å². The Bertz CT molecular complexity index is 662. The molecule has 0 saturated carbocycles. The summed E-state index contributed by atoms with van der Waals surface area (Å²) in [6.45, 7) is 2.40. The van der Waals surface area contributed by atoms with Crippen molar-refractivity contribution in [3.63, 3.8) is 0 Å². The van der Waals surface area contributed by atoms with Gasteiger partial charge in [0.2, 0.25) is 0 Å². The maximum atomic E-state index is 8.82. The molecule has 2 aromatic rings. The quantitative estimate of drug-likeness (QED) is 0.850. The van der Waals surface area contributed by atoms with Crippen molar-refractivity contribution in [1.29, 1.82) is 5.26 Å². The second-order valence-corrected chi connectivity index (χ2v) is 4.76. The van der Waals surface area contributed by atoms with Crippen molar-refractivity contribution in [2.75, 3.05) is 7.11 Å². The lowest BCUT2D eigenvalue weighted by atomic mass is 10.1. The number of nitrogens with zero attached hydrogens (tertiary/aromatic N) is 1. The molecule has 0 unspecified atom stereocenters. The van der Waals surface area contributed by atoms with Crippen LogP contribution in [0.5, 0.6) is 11.5 Å². The third kappa shape index (κ3) is 3.23. The smallest absolute Gasteiger partial charge is 0.125 e. The standard InChI is InChI=1S/C16H14ClNO2/c1-11-3-6-16(19-2)13(7-11)10-20-14-5-4-12(9-18)15(17)8-14/h3-8H,10H2,1-2H3. The highest BCUT2D eigenvalue weighted by atomic mass is 35.5. The fraction of sp³-hybridized carbons (Fsp3) is 0.188. The summed E-state index contributed by atoms with van der Waals surface area (Å²) in [5, 5.41) is 9.21. The Morgan fingerprint density at radius 2 is 2.00 bits per heavy atom. The third-order valence-corrected chi connectivity index (χ3v) is 3.20. The number of methoxy groups -OCH3 is 1. The van der Waals surface area contributed by atoms with Gasteiger partial charge in [-0.05, 0) is 31.2 Å². The summed E-state index contributed by atoms with van der Waals surface area (Å²) in [6, 6.07) is 12.9. The normalized spacial score (nSPS) is 9.90. The number of benzene rings is 2. The molecule has 0 saturated heterocycles. The van der Waals surface area contributed by atoms with E-state index in [0.29, 0.717) is 22.9 Å². The molecule has 3 nitrogen and oxygen atoms in total. The van der Waals surface area contributed by atoms with Crippen LogP contribution in [0.4, 0.5) is 0 Å². The molecule has 0 amide bonds. The average Bonchev–Trinajstić information content (AvgIpc) is 2.45. The van der Waals surface area contributed by atoms with Crippen molar-refractivity contribution in [3.05, 3.63) is 58.1 Å². The topological polar surface area (TPSA) is 42.2 Å². The zero-order valence-corrected chi connectivity index (χ0v) is 12.1. The Labute approximate surface area is 123 Å². The molecule has 0 fully saturated rings. The number of nitriles is 1. The van der Waals surface area contributed by atoms with Crippen LogP contribution in [0.1, 0.15) is 16.7 Å². The Kier molecular flexibility index (Phi) is 4.49. The van der Waals surface area contributed by atoms with E-state index in [1.54, 1.807) is 25.3 Å². The van der Waals surface area contributed by atoms with Gasteiger partial charge in [0.25, 0.3) is 0 Å². The SMILES string of the molecule is COc1ccc(C)cc1COc1ccc(C#N)c(Cl)c1. The maximum absolute atomic E-state index is 8.82. The zero-order chi connectivity index (χ0) is 14.5. The van der Waals surface area contributed by atoms with Crippen LogP contribution in [-0.2, 0) is 6.61 Å². The molecule has 0 spiro atoms. The summed E-state index contributed by atoms with van der Waals surface area (Å²) in [5.74, 6) is 1.41. The van der Waals surface area contributed by atoms with E-state index in [1.165, 1.54) is 0 Å². The van der Waals surface area contributed by atoms with Gasteiger partial charge in [0.1, 0.15) is 24.2 Å². The molecule has 0 heterocycles. The largest absolute Gasteiger partial charge is 0.496 e. The van der Waals surface area contributed by atoms with E-state index in [1.807, 2.05) is 31.2 Å². The Hall–Kier alpha value is -2.18. The van der Waals surface area contributed by atoms with E-state index < -0.39 is 0 Å². The highest BCUT2D eigenvalue weighted by Gasteiger charge is 2.06. The maximum Gasteiger partial charge on any atom is 0.125 e. The lowest BCUT2D eigenvalue weighted by Gasteiger charge is -2.11. The van der Waals surface area contributed by atoms with Crippen LogP contribution in [-0.4, -0.2) is 7.11 Å². The summed E-state index contributed by atoms with van der Waals surface area (Å²) < 4.78 is 11.0. The molecule has 2 aromatic carbocycles. The lowest BCUT2D eigenvalue weighted by Crippen LogP contribution is -1.99. The highest BCUT2D eigenvalue weighted by molar-refractivity contribution is 6.31. The Morgan fingerprint density at radius 1 is 1.20 bits per heavy atom. The fourth-order valence-corrected chi connectivity index (χ4v) is 2.07. The van der Waals surface area contributed by atoms with Crippen molar-refractivity contribution in [2.45, 2.75) is 13.5 Å². The van der Waals surface area contributed by atoms with Gasteiger partial charge in [-0.1, -0.05) is 23.2 Å². The number of aryl methyl sites for hydroxylation is 1. The van der Waals surface area contributed by atoms with Crippen LogP contribution in [0, 0.1) is 18.3 Å². The summed E-state index contributed by atoms with van der Waals surface area (Å²) in [4.78, 5) is 0. The number of rotatable bonds is 4. The lowest BCUT2D eigenvalue weighted by molar-refractivity contribution is 0.296. The van der Waals surface area contributed by atoms with Crippen molar-refractivity contribution in [2.24, 2.45) is 0 Å². The first-order valence-corrected chi connectivity index (χ1v) is 6.48. The molecule has 0 N–H and O–H groups in total. The first-order chi connectivity index (χ1) is 9.63. The van der Waals surface area contributed by atoms with Gasteiger partial charge >= 0.3 is 0 Å². The molecule has 0 aliphatic rings. The average molecular weight is 288 g/mol. The van der Waals surface area contributed by atoms with Crippen LogP contribution in [0.25, 0.3) is 0 Å². The molecule has 20 heavy (non-hydrogen) atoms. The number of halogens is 1. The molecular formula is C16H14ClNO2. The molecule has 102 valence electrons. The summed E-state index contributed by atoms with van der Waals surface area (Å²) >= 11 is 5.97. The Morgan fingerprint density at radius 3 is 2.65 bits per heavy atom.